The van der Waals surface area contributed by atoms with Crippen molar-refractivity contribution in [3.8, 4) is 0 Å². The van der Waals surface area contributed by atoms with Crippen molar-refractivity contribution in [3.05, 3.63) is 136 Å². The molecule has 44 heavy (non-hydrogen) atoms. The van der Waals surface area contributed by atoms with E-state index >= 15 is 0 Å². The summed E-state index contributed by atoms with van der Waals surface area (Å²) in [6, 6.07) is 25.6. The predicted molar refractivity (Wildman–Crippen MR) is 163 cm³/mol. The molecule has 12 heteroatoms. The summed E-state index contributed by atoms with van der Waals surface area (Å²) in [7, 11) is 0. The van der Waals surface area contributed by atoms with Gasteiger partial charge in [0.1, 0.15) is 11.5 Å². The third-order valence-electron chi connectivity index (χ3n) is 6.48. The average Bonchev–Trinajstić information content (AvgIpc) is 3.29. The molecule has 4 amide bonds. The van der Waals surface area contributed by atoms with E-state index in [4.69, 9.17) is 0 Å². The van der Waals surface area contributed by atoms with Crippen LogP contribution in [0.5, 0.6) is 0 Å². The number of non-ortho nitro benzene ring substituents is 1. The minimum atomic E-state index is -0.753. The molecule has 0 aliphatic carbocycles. The number of nitrogens with zero attached hydrogens (tertiary/aromatic N) is 2. The van der Waals surface area contributed by atoms with Crippen molar-refractivity contribution in [2.45, 2.75) is 16.6 Å². The lowest BCUT2D eigenvalue weighted by Crippen LogP contribution is -2.31. The number of benzene rings is 4. The molecule has 0 spiro atoms. The molecule has 5 rings (SSSR count). The van der Waals surface area contributed by atoms with Gasteiger partial charge in [0.25, 0.3) is 17.5 Å². The molecule has 1 heterocycles. The highest BCUT2D eigenvalue weighted by Crippen LogP contribution is 2.35. The van der Waals surface area contributed by atoms with Gasteiger partial charge in [-0.05, 0) is 66.2 Å². The zero-order valence-corrected chi connectivity index (χ0v) is 23.6. The van der Waals surface area contributed by atoms with Crippen LogP contribution in [0, 0.1) is 15.9 Å². The number of halogens is 1. The quantitative estimate of drug-likeness (QED) is 0.109. The Morgan fingerprint density at radius 3 is 2.36 bits per heavy atom. The van der Waals surface area contributed by atoms with Crippen molar-refractivity contribution in [1.82, 2.24) is 5.32 Å². The molecule has 2 N–H and O–H groups in total. The maximum atomic E-state index is 13.8. The fourth-order valence-corrected chi connectivity index (χ4v) is 5.52. The van der Waals surface area contributed by atoms with Gasteiger partial charge in [0, 0.05) is 34.7 Å². The number of anilines is 2. The van der Waals surface area contributed by atoms with Gasteiger partial charge in [0.05, 0.1) is 15.9 Å². The Balaban J connectivity index is 1.31. The van der Waals surface area contributed by atoms with Gasteiger partial charge in [-0.3, -0.25) is 29.3 Å². The van der Waals surface area contributed by atoms with Crippen LogP contribution in [0.3, 0.4) is 0 Å². The van der Waals surface area contributed by atoms with Crippen molar-refractivity contribution >= 4 is 58.5 Å². The van der Waals surface area contributed by atoms with Gasteiger partial charge in [-0.25, -0.2) is 9.29 Å². The fourth-order valence-electron chi connectivity index (χ4n) is 4.41. The van der Waals surface area contributed by atoms with E-state index in [9.17, 15) is 33.7 Å². The van der Waals surface area contributed by atoms with Crippen LogP contribution >= 0.6 is 11.8 Å². The molecular weight excluding hydrogens is 587 g/mol. The molecule has 1 saturated heterocycles. The minimum absolute atomic E-state index is 0.0802. The Morgan fingerprint density at radius 1 is 0.932 bits per heavy atom. The number of hydrogen-bond donors (Lipinski definition) is 2. The largest absolute Gasteiger partial charge is 0.321 e. The molecule has 4 aromatic rings. The summed E-state index contributed by atoms with van der Waals surface area (Å²) >= 11 is 1.13. The Hall–Kier alpha value is -5.62. The molecule has 10 nitrogen and oxygen atoms in total. The number of imide groups is 1. The lowest BCUT2D eigenvalue weighted by Gasteiger charge is -2.15. The van der Waals surface area contributed by atoms with E-state index in [0.717, 1.165) is 16.7 Å². The van der Waals surface area contributed by atoms with E-state index in [1.54, 1.807) is 60.7 Å². The highest BCUT2D eigenvalue weighted by atomic mass is 32.2. The zero-order valence-electron chi connectivity index (χ0n) is 22.8. The van der Waals surface area contributed by atoms with Gasteiger partial charge < -0.3 is 10.6 Å². The summed E-state index contributed by atoms with van der Waals surface area (Å²) < 4.78 is 13.8. The van der Waals surface area contributed by atoms with Crippen molar-refractivity contribution in [3.63, 3.8) is 0 Å². The first-order valence-corrected chi connectivity index (χ1v) is 14.1. The molecule has 220 valence electrons. The van der Waals surface area contributed by atoms with Crippen molar-refractivity contribution < 1.29 is 28.5 Å². The summed E-state index contributed by atoms with van der Waals surface area (Å²) in [6.45, 7) is 0. The molecule has 1 aliphatic heterocycles. The highest BCUT2D eigenvalue weighted by molar-refractivity contribution is 8.00. The number of nitro benzene ring substituents is 1. The Bertz CT molecular complexity index is 1800. The van der Waals surface area contributed by atoms with E-state index in [0.29, 0.717) is 21.7 Å². The first-order chi connectivity index (χ1) is 21.2. The molecule has 1 aliphatic rings. The number of carbonyl (C=O) groups is 4. The predicted octanol–water partition coefficient (Wildman–Crippen LogP) is 5.57. The van der Waals surface area contributed by atoms with Crippen molar-refractivity contribution in [2.75, 3.05) is 10.2 Å². The zero-order chi connectivity index (χ0) is 31.2. The smallest absolute Gasteiger partial charge is 0.272 e. The van der Waals surface area contributed by atoms with E-state index in [1.807, 2.05) is 0 Å². The van der Waals surface area contributed by atoms with Gasteiger partial charge in [-0.15, -0.1) is 11.8 Å². The third kappa shape index (κ3) is 7.05. The normalized spacial score (nSPS) is 14.8. The second kappa shape index (κ2) is 13.1. The van der Waals surface area contributed by atoms with Crippen molar-refractivity contribution in [1.29, 1.82) is 0 Å². The van der Waals surface area contributed by atoms with E-state index < -0.39 is 39.6 Å². The maximum Gasteiger partial charge on any atom is 0.272 e. The van der Waals surface area contributed by atoms with Gasteiger partial charge in [0.15, 0.2) is 0 Å². The van der Waals surface area contributed by atoms with Crippen LogP contribution < -0.4 is 15.5 Å². The van der Waals surface area contributed by atoms with Crippen LogP contribution in [0.2, 0.25) is 0 Å². The highest BCUT2D eigenvalue weighted by Gasteiger charge is 2.40. The van der Waals surface area contributed by atoms with Crippen LogP contribution in [-0.2, 0) is 14.4 Å². The number of amides is 4. The van der Waals surface area contributed by atoms with E-state index in [-0.39, 0.29) is 23.5 Å². The summed E-state index contributed by atoms with van der Waals surface area (Å²) in [4.78, 5) is 64.0. The summed E-state index contributed by atoms with van der Waals surface area (Å²) in [5, 5.41) is 15.5. The van der Waals surface area contributed by atoms with Crippen LogP contribution in [0.15, 0.2) is 114 Å². The number of rotatable bonds is 9. The van der Waals surface area contributed by atoms with Crippen LogP contribution in [0.25, 0.3) is 6.08 Å². The monoisotopic (exact) mass is 610 g/mol. The van der Waals surface area contributed by atoms with Crippen LogP contribution in [0.4, 0.5) is 21.5 Å². The third-order valence-corrected chi connectivity index (χ3v) is 7.66. The first kappa shape index (κ1) is 29.9. The summed E-state index contributed by atoms with van der Waals surface area (Å²) in [5.41, 5.74) is 0.981. The van der Waals surface area contributed by atoms with Gasteiger partial charge in [0.2, 0.25) is 11.8 Å². The molecule has 1 atom stereocenters. The standard InChI is InChI=1S/C32H23FN4O6S/c33-22-9-4-6-20(16-22)17-27(35-30(39)21-7-2-1-3-8-21)31(40)34-23-10-5-11-26(18-23)44-28-19-29(38)36(32(28)41)24-12-14-25(15-13-24)37(42)43/h1-18,28H,19H2,(H,34,40)(H,35,39)/b27-17-. The Kier molecular flexibility index (Phi) is 8.91. The number of carbonyl (C=O) groups excluding carboxylic acids is 4. The van der Waals surface area contributed by atoms with Crippen LogP contribution in [0.1, 0.15) is 22.3 Å². The number of thioether (sulfide) groups is 1. The fraction of sp³-hybridized carbons (Fsp3) is 0.0625. The SMILES string of the molecule is O=C(Nc1cccc(SC2CC(=O)N(c3ccc([N+](=O)[O-])cc3)C2=O)c1)/C(=C/c1cccc(F)c1)NC(=O)c1ccccc1. The average molecular weight is 611 g/mol. The molecule has 0 saturated carbocycles. The number of nitro groups is 1. The second-order valence-corrected chi connectivity index (χ2v) is 10.8. The van der Waals surface area contributed by atoms with Gasteiger partial charge >= 0.3 is 0 Å². The second-order valence-electron chi connectivity index (χ2n) is 9.57. The molecule has 1 unspecified atom stereocenters. The Labute approximate surface area is 254 Å². The Morgan fingerprint density at radius 2 is 1.66 bits per heavy atom. The molecule has 1 fully saturated rings. The van der Waals surface area contributed by atoms with Crippen molar-refractivity contribution in [2.24, 2.45) is 0 Å². The van der Waals surface area contributed by atoms with E-state index in [2.05, 4.69) is 10.6 Å². The number of nitrogens with one attached hydrogen (secondary N) is 2. The number of hydrogen-bond acceptors (Lipinski definition) is 7. The molecule has 0 aromatic heterocycles. The summed E-state index contributed by atoms with van der Waals surface area (Å²) in [6.07, 6.45) is 1.27. The molecular formula is C32H23FN4O6S. The van der Waals surface area contributed by atoms with Gasteiger partial charge in [-0.2, -0.15) is 0 Å². The maximum absolute atomic E-state index is 13.8. The van der Waals surface area contributed by atoms with Crippen LogP contribution in [-0.4, -0.2) is 33.8 Å². The molecule has 0 radical (unpaired) electrons. The summed E-state index contributed by atoms with van der Waals surface area (Å²) in [5.74, 6) is -2.61. The molecule has 0 bridgehead atoms. The molecule has 4 aromatic carbocycles. The van der Waals surface area contributed by atoms with E-state index in [1.165, 1.54) is 48.5 Å². The van der Waals surface area contributed by atoms with Gasteiger partial charge in [-0.1, -0.05) is 36.4 Å². The lowest BCUT2D eigenvalue weighted by atomic mass is 10.1. The lowest BCUT2D eigenvalue weighted by molar-refractivity contribution is -0.384. The topological polar surface area (TPSA) is 139 Å². The minimum Gasteiger partial charge on any atom is -0.321 e. The first-order valence-electron chi connectivity index (χ1n) is 13.2.